The molecule has 2 bridgehead atoms. The third kappa shape index (κ3) is 2.38. The molecule has 2 aliphatic heterocycles. The van der Waals surface area contributed by atoms with Gasteiger partial charge in [0.25, 0.3) is 0 Å². The number of hydrogen-bond donors (Lipinski definition) is 2. The van der Waals surface area contributed by atoms with Crippen LogP contribution in [0.2, 0.25) is 0 Å². The van der Waals surface area contributed by atoms with Gasteiger partial charge in [0.15, 0.2) is 0 Å². The SMILES string of the molecule is C[C@@H](N)C(=O)NC1CC2CCCC(C1)N2C. The molecule has 0 aromatic rings. The van der Waals surface area contributed by atoms with Crippen molar-refractivity contribution in [2.75, 3.05) is 7.05 Å². The molecular weight excluding hydrogens is 202 g/mol. The smallest absolute Gasteiger partial charge is 0.236 e. The summed E-state index contributed by atoms with van der Waals surface area (Å²) < 4.78 is 0. The first-order valence-corrected chi connectivity index (χ1v) is 6.36. The zero-order valence-corrected chi connectivity index (χ0v) is 10.3. The van der Waals surface area contributed by atoms with E-state index in [-0.39, 0.29) is 11.9 Å². The molecule has 0 aromatic heterocycles. The number of amides is 1. The second kappa shape index (κ2) is 4.72. The van der Waals surface area contributed by atoms with Crippen molar-refractivity contribution in [3.8, 4) is 0 Å². The van der Waals surface area contributed by atoms with Crippen LogP contribution >= 0.6 is 0 Å². The van der Waals surface area contributed by atoms with Crippen molar-refractivity contribution in [3.63, 3.8) is 0 Å². The first-order valence-electron chi connectivity index (χ1n) is 6.36. The number of carbonyl (C=O) groups excluding carboxylic acids is 1. The third-order valence-corrected chi connectivity index (χ3v) is 4.10. The van der Waals surface area contributed by atoms with Crippen LogP contribution in [0.5, 0.6) is 0 Å². The number of rotatable bonds is 2. The van der Waals surface area contributed by atoms with Crippen molar-refractivity contribution >= 4 is 5.91 Å². The van der Waals surface area contributed by atoms with Gasteiger partial charge in [-0.2, -0.15) is 0 Å². The monoisotopic (exact) mass is 225 g/mol. The molecule has 0 aromatic carbocycles. The Hall–Kier alpha value is -0.610. The minimum absolute atomic E-state index is 0.00683. The number of fused-ring (bicyclic) bond motifs is 2. The lowest BCUT2D eigenvalue weighted by Crippen LogP contribution is -2.56. The molecule has 0 spiro atoms. The van der Waals surface area contributed by atoms with Gasteiger partial charge in [0, 0.05) is 18.1 Å². The van der Waals surface area contributed by atoms with Gasteiger partial charge in [-0.05, 0) is 39.7 Å². The van der Waals surface area contributed by atoms with Crippen molar-refractivity contribution in [3.05, 3.63) is 0 Å². The first kappa shape index (κ1) is 11.9. The summed E-state index contributed by atoms with van der Waals surface area (Å²) in [5, 5.41) is 3.08. The van der Waals surface area contributed by atoms with Crippen molar-refractivity contribution < 1.29 is 4.79 Å². The lowest BCUT2D eigenvalue weighted by molar-refractivity contribution is -0.123. The Morgan fingerprint density at radius 3 is 2.44 bits per heavy atom. The highest BCUT2D eigenvalue weighted by molar-refractivity contribution is 5.81. The highest BCUT2D eigenvalue weighted by atomic mass is 16.2. The van der Waals surface area contributed by atoms with Crippen molar-refractivity contribution in [1.29, 1.82) is 0 Å². The van der Waals surface area contributed by atoms with Crippen LogP contribution in [0.3, 0.4) is 0 Å². The van der Waals surface area contributed by atoms with Gasteiger partial charge in [0.05, 0.1) is 6.04 Å². The van der Waals surface area contributed by atoms with Gasteiger partial charge in [-0.3, -0.25) is 4.79 Å². The van der Waals surface area contributed by atoms with Crippen LogP contribution in [0.1, 0.15) is 39.0 Å². The van der Waals surface area contributed by atoms with E-state index in [1.807, 2.05) is 0 Å². The van der Waals surface area contributed by atoms with Crippen molar-refractivity contribution in [2.45, 2.75) is 63.2 Å². The summed E-state index contributed by atoms with van der Waals surface area (Å²) in [6, 6.07) is 1.27. The van der Waals surface area contributed by atoms with E-state index in [1.165, 1.54) is 19.3 Å². The van der Waals surface area contributed by atoms with Gasteiger partial charge < -0.3 is 16.0 Å². The second-order valence-electron chi connectivity index (χ2n) is 5.37. The molecule has 2 fully saturated rings. The van der Waals surface area contributed by atoms with Crippen LogP contribution in [-0.4, -0.2) is 42.0 Å². The molecular formula is C12H23N3O. The number of nitrogens with two attached hydrogens (primary N) is 1. The summed E-state index contributed by atoms with van der Waals surface area (Å²) in [6.45, 7) is 1.74. The van der Waals surface area contributed by atoms with E-state index in [0.29, 0.717) is 18.1 Å². The fourth-order valence-corrected chi connectivity index (χ4v) is 3.07. The van der Waals surface area contributed by atoms with Gasteiger partial charge in [-0.1, -0.05) is 6.42 Å². The van der Waals surface area contributed by atoms with E-state index >= 15 is 0 Å². The molecule has 1 amide bonds. The summed E-state index contributed by atoms with van der Waals surface area (Å²) in [4.78, 5) is 14.1. The molecule has 0 radical (unpaired) electrons. The maximum absolute atomic E-state index is 11.6. The van der Waals surface area contributed by atoms with Crippen LogP contribution in [0.25, 0.3) is 0 Å². The quantitative estimate of drug-likeness (QED) is 0.718. The van der Waals surface area contributed by atoms with E-state index in [4.69, 9.17) is 5.73 Å². The third-order valence-electron chi connectivity index (χ3n) is 4.10. The molecule has 0 saturated carbocycles. The number of hydrogen-bond acceptors (Lipinski definition) is 3. The lowest BCUT2D eigenvalue weighted by atomic mass is 9.82. The number of piperidine rings is 2. The molecule has 0 aliphatic carbocycles. The van der Waals surface area contributed by atoms with E-state index in [1.54, 1.807) is 6.92 Å². The van der Waals surface area contributed by atoms with E-state index in [2.05, 4.69) is 17.3 Å². The number of nitrogens with zero attached hydrogens (tertiary/aromatic N) is 1. The van der Waals surface area contributed by atoms with Gasteiger partial charge in [0.2, 0.25) is 5.91 Å². The van der Waals surface area contributed by atoms with Crippen LogP contribution in [0, 0.1) is 0 Å². The lowest BCUT2D eigenvalue weighted by Gasteiger charge is -2.47. The number of carbonyl (C=O) groups is 1. The highest BCUT2D eigenvalue weighted by Gasteiger charge is 2.36. The summed E-state index contributed by atoms with van der Waals surface area (Å²) in [6.07, 6.45) is 6.07. The van der Waals surface area contributed by atoms with Gasteiger partial charge in [-0.15, -0.1) is 0 Å². The molecule has 2 rings (SSSR count). The Kier molecular flexibility index (Phi) is 3.50. The van der Waals surface area contributed by atoms with Crippen LogP contribution in [0.4, 0.5) is 0 Å². The Morgan fingerprint density at radius 2 is 1.94 bits per heavy atom. The molecule has 2 heterocycles. The first-order chi connectivity index (χ1) is 7.58. The minimum atomic E-state index is -0.389. The second-order valence-corrected chi connectivity index (χ2v) is 5.37. The molecule has 4 nitrogen and oxygen atoms in total. The summed E-state index contributed by atoms with van der Waals surface area (Å²) in [7, 11) is 2.22. The topological polar surface area (TPSA) is 58.4 Å². The normalized spacial score (nSPS) is 36.8. The standard InChI is InChI=1S/C12H23N3O/c1-8(13)12(16)14-9-6-10-4-3-5-11(7-9)15(10)2/h8-11H,3-7,13H2,1-2H3,(H,14,16)/t8-,9?,10?,11?/m1/s1. The fraction of sp³-hybridized carbons (Fsp3) is 0.917. The van der Waals surface area contributed by atoms with E-state index in [0.717, 1.165) is 12.8 Å². The number of nitrogens with one attached hydrogen (secondary N) is 1. The predicted octanol–water partition coefficient (Wildman–Crippen LogP) is 0.465. The van der Waals surface area contributed by atoms with Gasteiger partial charge in [-0.25, -0.2) is 0 Å². The highest BCUT2D eigenvalue weighted by Crippen LogP contribution is 2.32. The fourth-order valence-electron chi connectivity index (χ4n) is 3.07. The Morgan fingerprint density at radius 1 is 1.38 bits per heavy atom. The van der Waals surface area contributed by atoms with Crippen LogP contribution < -0.4 is 11.1 Å². The Balaban J connectivity index is 1.92. The summed E-state index contributed by atoms with van der Waals surface area (Å²) in [5.41, 5.74) is 5.57. The maximum Gasteiger partial charge on any atom is 0.236 e. The average Bonchev–Trinajstić information content (AvgIpc) is 2.19. The molecule has 2 aliphatic rings. The van der Waals surface area contributed by atoms with Gasteiger partial charge >= 0.3 is 0 Å². The van der Waals surface area contributed by atoms with Crippen LogP contribution in [-0.2, 0) is 4.79 Å². The van der Waals surface area contributed by atoms with Gasteiger partial charge in [0.1, 0.15) is 0 Å². The van der Waals surface area contributed by atoms with E-state index in [9.17, 15) is 4.79 Å². The predicted molar refractivity (Wildman–Crippen MR) is 64.0 cm³/mol. The molecule has 92 valence electrons. The largest absolute Gasteiger partial charge is 0.352 e. The molecule has 2 saturated heterocycles. The molecule has 3 atom stereocenters. The minimum Gasteiger partial charge on any atom is -0.352 e. The molecule has 4 heteroatoms. The van der Waals surface area contributed by atoms with E-state index < -0.39 is 0 Å². The Bertz CT molecular complexity index is 253. The van der Waals surface area contributed by atoms with Crippen LogP contribution in [0.15, 0.2) is 0 Å². The summed E-state index contributed by atoms with van der Waals surface area (Å²) in [5.74, 6) is -0.00683. The van der Waals surface area contributed by atoms with Crippen molar-refractivity contribution in [2.24, 2.45) is 5.73 Å². The average molecular weight is 225 g/mol. The van der Waals surface area contributed by atoms with Crippen molar-refractivity contribution in [1.82, 2.24) is 10.2 Å². The zero-order chi connectivity index (χ0) is 11.7. The zero-order valence-electron chi connectivity index (χ0n) is 10.3. The molecule has 16 heavy (non-hydrogen) atoms. The summed E-state index contributed by atoms with van der Waals surface area (Å²) >= 11 is 0. The Labute approximate surface area is 97.6 Å². The maximum atomic E-state index is 11.6. The molecule has 2 unspecified atom stereocenters. The molecule has 3 N–H and O–H groups in total.